The number of rotatable bonds is 2. The molecule has 0 bridgehead atoms. The van der Waals surface area contributed by atoms with Crippen LogP contribution in [0.4, 0.5) is 5.69 Å². The molecule has 2 N–H and O–H groups in total. The normalized spacial score (nSPS) is 13.2. The fourth-order valence-electron chi connectivity index (χ4n) is 3.07. The van der Waals surface area contributed by atoms with Gasteiger partial charge in [0.15, 0.2) is 5.69 Å². The summed E-state index contributed by atoms with van der Waals surface area (Å²) < 4.78 is 2.15. The number of fused-ring (bicyclic) bond motifs is 1. The zero-order valence-electron chi connectivity index (χ0n) is 14.4. The number of thioether (sulfide) groups is 1. The Hall–Kier alpha value is -2.11. The predicted octanol–water partition coefficient (Wildman–Crippen LogP) is 5.02. The summed E-state index contributed by atoms with van der Waals surface area (Å²) in [6.45, 7) is 6.30. The van der Waals surface area contributed by atoms with Crippen molar-refractivity contribution >= 4 is 35.8 Å². The van der Waals surface area contributed by atoms with Crippen LogP contribution in [0.25, 0.3) is 11.4 Å². The Labute approximate surface area is 157 Å². The molecule has 1 aliphatic rings. The Morgan fingerprint density at radius 2 is 1.68 bits per heavy atom. The highest BCUT2D eigenvalue weighted by molar-refractivity contribution is 8.02. The topological polar surface area (TPSA) is 31.7 Å². The third kappa shape index (κ3) is 2.98. The monoisotopic (exact) mass is 366 g/mol. The summed E-state index contributed by atoms with van der Waals surface area (Å²) >= 11 is 6.41. The van der Waals surface area contributed by atoms with Crippen LogP contribution in [-0.4, -0.2) is 4.98 Å². The number of aromatic nitrogens is 2. The summed E-state index contributed by atoms with van der Waals surface area (Å²) in [5, 5.41) is 6.58. The number of nitrogens with one attached hydrogen (secondary N) is 2. The molecule has 1 aliphatic heterocycles. The Bertz CT molecular complexity index is 985. The van der Waals surface area contributed by atoms with Gasteiger partial charge < -0.3 is 5.32 Å². The van der Waals surface area contributed by atoms with Gasteiger partial charge in [0.25, 0.3) is 0 Å². The van der Waals surface area contributed by atoms with Crippen molar-refractivity contribution in [1.82, 2.24) is 4.98 Å². The first-order valence-electron chi connectivity index (χ1n) is 8.18. The van der Waals surface area contributed by atoms with Crippen LogP contribution in [0.15, 0.2) is 57.9 Å². The maximum Gasteiger partial charge on any atom is 0.318 e. The zero-order chi connectivity index (χ0) is 17.6. The molecule has 4 rings (SSSR count). The van der Waals surface area contributed by atoms with Gasteiger partial charge in [0.2, 0.25) is 0 Å². The van der Waals surface area contributed by atoms with Gasteiger partial charge in [-0.2, -0.15) is 4.57 Å². The van der Waals surface area contributed by atoms with E-state index in [1.165, 1.54) is 16.0 Å². The van der Waals surface area contributed by atoms with Crippen molar-refractivity contribution in [2.45, 2.75) is 30.8 Å². The van der Waals surface area contributed by atoms with Gasteiger partial charge in [0, 0.05) is 17.2 Å². The molecule has 0 radical (unpaired) electrons. The zero-order valence-corrected chi connectivity index (χ0v) is 16.1. The molecule has 0 atom stereocenters. The standard InChI is InChI=1S/C20H19N3S2/c1-12-4-7-15(8-5-12)23-19(14(3)21-20(23)24)17-11-25-18-10-13(2)6-9-16(18)22-17/h4-11,22H,1-3H3,(H,21,24)/p+1. The number of aromatic amines is 1. The molecule has 0 aliphatic carbocycles. The van der Waals surface area contributed by atoms with E-state index in [1.54, 1.807) is 11.8 Å². The minimum absolute atomic E-state index is 0.818. The van der Waals surface area contributed by atoms with Crippen molar-refractivity contribution in [3.8, 4) is 5.69 Å². The van der Waals surface area contributed by atoms with Crippen molar-refractivity contribution < 1.29 is 4.57 Å². The minimum Gasteiger partial charge on any atom is -0.351 e. The first-order chi connectivity index (χ1) is 12.0. The van der Waals surface area contributed by atoms with Gasteiger partial charge in [-0.3, -0.25) is 0 Å². The third-order valence-corrected chi connectivity index (χ3v) is 5.60. The number of H-pyrrole nitrogens is 1. The molecule has 3 aromatic rings. The molecule has 0 saturated heterocycles. The highest BCUT2D eigenvalue weighted by atomic mass is 32.2. The smallest absolute Gasteiger partial charge is 0.318 e. The van der Waals surface area contributed by atoms with Gasteiger partial charge in [-0.25, -0.2) is 4.98 Å². The molecule has 1 aromatic heterocycles. The first kappa shape index (κ1) is 16.4. The van der Waals surface area contributed by atoms with Crippen molar-refractivity contribution in [3.05, 3.63) is 70.4 Å². The van der Waals surface area contributed by atoms with Gasteiger partial charge >= 0.3 is 5.16 Å². The molecule has 25 heavy (non-hydrogen) atoms. The van der Waals surface area contributed by atoms with E-state index in [9.17, 15) is 0 Å². The lowest BCUT2D eigenvalue weighted by molar-refractivity contribution is -0.637. The Kier molecular flexibility index (Phi) is 4.13. The van der Waals surface area contributed by atoms with Crippen LogP contribution in [0.3, 0.4) is 0 Å². The third-order valence-electron chi connectivity index (χ3n) is 4.35. The molecule has 0 amide bonds. The highest BCUT2D eigenvalue weighted by Crippen LogP contribution is 2.38. The number of anilines is 1. The van der Waals surface area contributed by atoms with Gasteiger partial charge in [-0.15, -0.1) is 0 Å². The lowest BCUT2D eigenvalue weighted by Crippen LogP contribution is -2.36. The van der Waals surface area contributed by atoms with E-state index in [0.717, 1.165) is 33.6 Å². The maximum atomic E-state index is 4.66. The second kappa shape index (κ2) is 6.32. The lowest BCUT2D eigenvalue weighted by atomic mass is 10.2. The highest BCUT2D eigenvalue weighted by Gasteiger charge is 2.27. The van der Waals surface area contributed by atoms with Gasteiger partial charge in [-0.1, -0.05) is 48.2 Å². The fraction of sp³-hybridized carbons (Fsp3) is 0.150. The van der Waals surface area contributed by atoms with Gasteiger partial charge in [0.05, 0.1) is 11.4 Å². The number of aryl methyl sites for hydroxylation is 3. The summed E-state index contributed by atoms with van der Waals surface area (Å²) in [4.78, 5) is 4.61. The molecule has 2 aromatic carbocycles. The number of nitrogens with zero attached hydrogens (tertiary/aromatic N) is 1. The SMILES string of the molecule is Cc1ccc(-[n+]2c(S)[nH]c(C)c2C2=CSc3cc(C)ccc3N2)cc1. The number of hydrogen-bond acceptors (Lipinski definition) is 3. The summed E-state index contributed by atoms with van der Waals surface area (Å²) in [6.07, 6.45) is 0. The van der Waals surface area contributed by atoms with E-state index in [-0.39, 0.29) is 0 Å². The summed E-state index contributed by atoms with van der Waals surface area (Å²) in [7, 11) is 0. The Morgan fingerprint density at radius 3 is 2.44 bits per heavy atom. The second-order valence-electron chi connectivity index (χ2n) is 6.37. The van der Waals surface area contributed by atoms with Gasteiger partial charge in [-0.05, 0) is 43.7 Å². The molecule has 0 saturated carbocycles. The lowest BCUT2D eigenvalue weighted by Gasteiger charge is -2.18. The summed E-state index contributed by atoms with van der Waals surface area (Å²) in [5.74, 6) is 0. The Balaban J connectivity index is 1.80. The van der Waals surface area contributed by atoms with Crippen molar-refractivity contribution in [1.29, 1.82) is 0 Å². The van der Waals surface area contributed by atoms with Crippen LogP contribution in [0.5, 0.6) is 0 Å². The van der Waals surface area contributed by atoms with Gasteiger partial charge in [0.1, 0.15) is 11.4 Å². The van der Waals surface area contributed by atoms with Crippen LogP contribution in [0, 0.1) is 20.8 Å². The maximum absolute atomic E-state index is 4.66. The van der Waals surface area contributed by atoms with E-state index >= 15 is 0 Å². The minimum atomic E-state index is 0.818. The molecule has 0 unspecified atom stereocenters. The number of hydrogen-bond donors (Lipinski definition) is 3. The van der Waals surface area contributed by atoms with Crippen LogP contribution >= 0.6 is 24.4 Å². The molecular formula is C20H20N3S2+. The quantitative estimate of drug-likeness (QED) is 0.439. The molecule has 5 heteroatoms. The molecule has 0 spiro atoms. The Morgan fingerprint density at radius 1 is 0.960 bits per heavy atom. The van der Waals surface area contributed by atoms with E-state index in [1.807, 2.05) is 0 Å². The number of imidazole rings is 1. The van der Waals surface area contributed by atoms with Crippen LogP contribution < -0.4 is 9.88 Å². The number of benzene rings is 2. The molecule has 2 heterocycles. The molecule has 0 fully saturated rings. The van der Waals surface area contributed by atoms with E-state index < -0.39 is 0 Å². The van der Waals surface area contributed by atoms with E-state index in [2.05, 4.69) is 96.1 Å². The summed E-state index contributed by atoms with van der Waals surface area (Å²) in [6, 6.07) is 15.0. The largest absolute Gasteiger partial charge is 0.351 e. The average Bonchev–Trinajstić information content (AvgIpc) is 2.89. The number of thiol groups is 1. The van der Waals surface area contributed by atoms with Crippen LogP contribution in [0.1, 0.15) is 22.5 Å². The van der Waals surface area contributed by atoms with Crippen LogP contribution in [0.2, 0.25) is 0 Å². The first-order valence-corrected chi connectivity index (χ1v) is 9.51. The molecular weight excluding hydrogens is 346 g/mol. The second-order valence-corrected chi connectivity index (χ2v) is 7.70. The van der Waals surface area contributed by atoms with Crippen molar-refractivity contribution in [2.24, 2.45) is 0 Å². The van der Waals surface area contributed by atoms with E-state index in [4.69, 9.17) is 0 Å². The van der Waals surface area contributed by atoms with Crippen molar-refractivity contribution in [2.75, 3.05) is 5.32 Å². The van der Waals surface area contributed by atoms with E-state index in [0.29, 0.717) is 0 Å². The average molecular weight is 367 g/mol. The predicted molar refractivity (Wildman–Crippen MR) is 108 cm³/mol. The fourth-order valence-corrected chi connectivity index (χ4v) is 4.36. The van der Waals surface area contributed by atoms with Crippen molar-refractivity contribution in [3.63, 3.8) is 0 Å². The van der Waals surface area contributed by atoms with Crippen LogP contribution in [-0.2, 0) is 0 Å². The molecule has 3 nitrogen and oxygen atoms in total. The summed E-state index contributed by atoms with van der Waals surface area (Å²) in [5.41, 5.74) is 8.02. The molecule has 126 valence electrons.